The molecule has 0 heterocycles. The van der Waals surface area contributed by atoms with Crippen LogP contribution >= 0.6 is 15.9 Å². The Morgan fingerprint density at radius 1 is 1.17 bits per heavy atom. The third-order valence-electron chi connectivity index (χ3n) is 2.91. The van der Waals surface area contributed by atoms with Crippen LogP contribution in [0.25, 0.3) is 0 Å². The molecule has 0 fully saturated rings. The van der Waals surface area contributed by atoms with Crippen molar-refractivity contribution >= 4 is 21.9 Å². The Labute approximate surface area is 114 Å². The van der Waals surface area contributed by atoms with Gasteiger partial charge in [-0.15, -0.1) is 0 Å². The van der Waals surface area contributed by atoms with E-state index < -0.39 is 5.97 Å². The topological polar surface area (TPSA) is 37.3 Å². The van der Waals surface area contributed by atoms with Crippen LogP contribution in [0.1, 0.15) is 27.0 Å². The molecule has 2 rings (SSSR count). The van der Waals surface area contributed by atoms with Gasteiger partial charge < -0.3 is 5.11 Å². The molecule has 0 unspecified atom stereocenters. The molecule has 3 heteroatoms. The summed E-state index contributed by atoms with van der Waals surface area (Å²) in [6, 6.07) is 13.2. The van der Waals surface area contributed by atoms with Crippen LogP contribution < -0.4 is 0 Å². The fraction of sp³-hybridized carbons (Fsp3) is 0.133. The van der Waals surface area contributed by atoms with E-state index in [0.29, 0.717) is 5.56 Å². The first-order valence-electron chi connectivity index (χ1n) is 5.63. The van der Waals surface area contributed by atoms with E-state index in [9.17, 15) is 4.79 Å². The molecule has 2 aromatic carbocycles. The molecule has 0 amide bonds. The number of rotatable bonds is 3. The largest absolute Gasteiger partial charge is 0.478 e. The molecule has 0 aliphatic heterocycles. The smallest absolute Gasteiger partial charge is 0.335 e. The van der Waals surface area contributed by atoms with Gasteiger partial charge in [0.2, 0.25) is 0 Å². The summed E-state index contributed by atoms with van der Waals surface area (Å²) < 4.78 is 1.06. The van der Waals surface area contributed by atoms with Gasteiger partial charge in [0.15, 0.2) is 0 Å². The highest BCUT2D eigenvalue weighted by atomic mass is 79.9. The second-order valence-electron chi connectivity index (χ2n) is 4.25. The van der Waals surface area contributed by atoms with Crippen molar-refractivity contribution in [2.24, 2.45) is 0 Å². The first-order chi connectivity index (χ1) is 8.56. The Bertz CT molecular complexity index is 574. The summed E-state index contributed by atoms with van der Waals surface area (Å²) in [7, 11) is 0. The van der Waals surface area contributed by atoms with E-state index in [2.05, 4.69) is 35.0 Å². The molecule has 0 bridgehead atoms. The van der Waals surface area contributed by atoms with Gasteiger partial charge in [0.25, 0.3) is 0 Å². The zero-order chi connectivity index (χ0) is 13.1. The van der Waals surface area contributed by atoms with Crippen LogP contribution in [0.15, 0.2) is 46.9 Å². The minimum atomic E-state index is -0.889. The number of aromatic carboxylic acids is 1. The summed E-state index contributed by atoms with van der Waals surface area (Å²) in [5.74, 6) is -0.889. The lowest BCUT2D eigenvalue weighted by Crippen LogP contribution is -1.97. The van der Waals surface area contributed by atoms with E-state index >= 15 is 0 Å². The molecule has 0 spiro atoms. The summed E-state index contributed by atoms with van der Waals surface area (Å²) in [6.07, 6.45) is 0.811. The molecule has 0 saturated carbocycles. The van der Waals surface area contributed by atoms with Crippen LogP contribution in [0.3, 0.4) is 0 Å². The number of halogens is 1. The molecule has 0 aromatic heterocycles. The van der Waals surface area contributed by atoms with Crippen LogP contribution in [0.2, 0.25) is 0 Å². The van der Waals surface area contributed by atoms with E-state index in [1.807, 2.05) is 18.2 Å². The quantitative estimate of drug-likeness (QED) is 0.929. The predicted molar refractivity (Wildman–Crippen MR) is 75.1 cm³/mol. The fourth-order valence-electron chi connectivity index (χ4n) is 1.82. The Morgan fingerprint density at radius 3 is 2.44 bits per heavy atom. The summed E-state index contributed by atoms with van der Waals surface area (Å²) in [6.45, 7) is 2.08. The van der Waals surface area contributed by atoms with Crippen molar-refractivity contribution in [1.29, 1.82) is 0 Å². The Kier molecular flexibility index (Phi) is 3.82. The first-order valence-corrected chi connectivity index (χ1v) is 6.43. The van der Waals surface area contributed by atoms with Crippen LogP contribution in [0, 0.1) is 6.92 Å². The maximum absolute atomic E-state index is 10.8. The minimum Gasteiger partial charge on any atom is -0.478 e. The molecule has 1 N–H and O–H groups in total. The predicted octanol–water partition coefficient (Wildman–Crippen LogP) is 4.05. The van der Waals surface area contributed by atoms with Crippen molar-refractivity contribution in [2.75, 3.05) is 0 Å². The van der Waals surface area contributed by atoms with E-state index in [1.165, 1.54) is 11.1 Å². The minimum absolute atomic E-state index is 0.324. The Balaban J connectivity index is 2.23. The van der Waals surface area contributed by atoms with E-state index in [-0.39, 0.29) is 0 Å². The van der Waals surface area contributed by atoms with Crippen molar-refractivity contribution < 1.29 is 9.90 Å². The standard InChI is InChI=1S/C15H13BrO2/c1-10-2-7-14(16)9-13(10)8-11-3-5-12(6-4-11)15(17)18/h2-7,9H,8H2,1H3,(H,17,18). The summed E-state index contributed by atoms with van der Waals surface area (Å²) >= 11 is 3.46. The van der Waals surface area contributed by atoms with Gasteiger partial charge in [-0.1, -0.05) is 34.1 Å². The van der Waals surface area contributed by atoms with Gasteiger partial charge >= 0.3 is 5.97 Å². The zero-order valence-corrected chi connectivity index (χ0v) is 11.6. The number of carboxylic acids is 1. The van der Waals surface area contributed by atoms with Crippen molar-refractivity contribution in [3.63, 3.8) is 0 Å². The van der Waals surface area contributed by atoms with E-state index in [4.69, 9.17) is 5.11 Å². The van der Waals surface area contributed by atoms with Crippen LogP contribution in [-0.4, -0.2) is 11.1 Å². The molecule has 92 valence electrons. The molecule has 0 saturated heterocycles. The lowest BCUT2D eigenvalue weighted by molar-refractivity contribution is 0.0697. The Morgan fingerprint density at radius 2 is 1.83 bits per heavy atom. The summed E-state index contributed by atoms with van der Waals surface area (Å²) in [4.78, 5) is 10.8. The fourth-order valence-corrected chi connectivity index (χ4v) is 2.22. The third-order valence-corrected chi connectivity index (χ3v) is 3.40. The molecule has 2 aromatic rings. The molecule has 0 aliphatic rings. The van der Waals surface area contributed by atoms with Gasteiger partial charge in [-0.05, 0) is 54.3 Å². The molecular weight excluding hydrogens is 292 g/mol. The van der Waals surface area contributed by atoms with Crippen LogP contribution in [0.5, 0.6) is 0 Å². The maximum atomic E-state index is 10.8. The van der Waals surface area contributed by atoms with Crippen LogP contribution in [0.4, 0.5) is 0 Å². The molecular formula is C15H13BrO2. The highest BCUT2D eigenvalue weighted by molar-refractivity contribution is 9.10. The number of hydrogen-bond donors (Lipinski definition) is 1. The lowest BCUT2D eigenvalue weighted by Gasteiger charge is -2.07. The van der Waals surface area contributed by atoms with Gasteiger partial charge in [-0.3, -0.25) is 0 Å². The van der Waals surface area contributed by atoms with Gasteiger partial charge in [-0.25, -0.2) is 4.79 Å². The Hall–Kier alpha value is -1.61. The molecule has 0 radical (unpaired) electrons. The average molecular weight is 305 g/mol. The monoisotopic (exact) mass is 304 g/mol. The number of hydrogen-bond acceptors (Lipinski definition) is 1. The second kappa shape index (κ2) is 5.36. The zero-order valence-electron chi connectivity index (χ0n) is 9.98. The van der Waals surface area contributed by atoms with E-state index in [1.54, 1.807) is 12.1 Å². The lowest BCUT2D eigenvalue weighted by atomic mass is 10.00. The molecule has 18 heavy (non-hydrogen) atoms. The van der Waals surface area contributed by atoms with Gasteiger partial charge in [-0.2, -0.15) is 0 Å². The van der Waals surface area contributed by atoms with Gasteiger partial charge in [0, 0.05) is 4.47 Å². The molecule has 2 nitrogen and oxygen atoms in total. The number of carbonyl (C=O) groups is 1. The first kappa shape index (κ1) is 12.8. The van der Waals surface area contributed by atoms with Crippen molar-refractivity contribution in [3.8, 4) is 0 Å². The van der Waals surface area contributed by atoms with Gasteiger partial charge in [0.1, 0.15) is 0 Å². The van der Waals surface area contributed by atoms with Gasteiger partial charge in [0.05, 0.1) is 5.56 Å². The van der Waals surface area contributed by atoms with Crippen molar-refractivity contribution in [3.05, 3.63) is 69.2 Å². The van der Waals surface area contributed by atoms with Crippen LogP contribution in [-0.2, 0) is 6.42 Å². The van der Waals surface area contributed by atoms with E-state index in [0.717, 1.165) is 16.5 Å². The molecule has 0 aliphatic carbocycles. The second-order valence-corrected chi connectivity index (χ2v) is 5.17. The highest BCUT2D eigenvalue weighted by Crippen LogP contribution is 2.19. The highest BCUT2D eigenvalue weighted by Gasteiger charge is 2.04. The normalized spacial score (nSPS) is 10.3. The van der Waals surface area contributed by atoms with Crippen molar-refractivity contribution in [2.45, 2.75) is 13.3 Å². The number of carboxylic acid groups (broad SMARTS) is 1. The summed E-state index contributed by atoms with van der Waals surface area (Å²) in [5, 5.41) is 8.84. The summed E-state index contributed by atoms with van der Waals surface area (Å²) in [5.41, 5.74) is 3.92. The number of aryl methyl sites for hydroxylation is 1. The third kappa shape index (κ3) is 2.99. The average Bonchev–Trinajstić information content (AvgIpc) is 2.34. The molecule has 0 atom stereocenters. The SMILES string of the molecule is Cc1ccc(Br)cc1Cc1ccc(C(=O)O)cc1. The number of benzene rings is 2. The maximum Gasteiger partial charge on any atom is 0.335 e. The van der Waals surface area contributed by atoms with Crippen molar-refractivity contribution in [1.82, 2.24) is 0 Å².